The molecule has 0 saturated carbocycles. The Bertz CT molecular complexity index is 616. The highest BCUT2D eigenvalue weighted by Gasteiger charge is 2.13. The Hall–Kier alpha value is -2.36. The van der Waals surface area contributed by atoms with Crippen LogP contribution in [0.1, 0.15) is 52.7 Å². The Morgan fingerprint density at radius 1 is 1.30 bits per heavy atom. The van der Waals surface area contributed by atoms with E-state index in [1.807, 2.05) is 24.3 Å². The van der Waals surface area contributed by atoms with Gasteiger partial charge in [0.25, 0.3) is 5.91 Å². The van der Waals surface area contributed by atoms with Crippen LogP contribution in [0.2, 0.25) is 0 Å². The molecule has 0 radical (unpaired) electrons. The molecule has 4 heteroatoms. The van der Waals surface area contributed by atoms with E-state index in [1.165, 1.54) is 0 Å². The number of carbonyl (C=O) groups is 2. The van der Waals surface area contributed by atoms with Crippen LogP contribution in [0.5, 0.6) is 0 Å². The smallest absolute Gasteiger partial charge is 0.272 e. The molecule has 0 aliphatic heterocycles. The highest BCUT2D eigenvalue weighted by molar-refractivity contribution is 6.04. The minimum absolute atomic E-state index is 0.242. The lowest BCUT2D eigenvalue weighted by atomic mass is 9.97. The van der Waals surface area contributed by atoms with E-state index in [0.29, 0.717) is 23.6 Å². The van der Waals surface area contributed by atoms with E-state index in [-0.39, 0.29) is 5.91 Å². The van der Waals surface area contributed by atoms with E-state index >= 15 is 0 Å². The summed E-state index contributed by atoms with van der Waals surface area (Å²) in [5.74, 6) is 0.134. The maximum atomic E-state index is 12.1. The number of amides is 1. The van der Waals surface area contributed by atoms with E-state index in [0.717, 1.165) is 17.7 Å². The molecule has 2 aromatic rings. The van der Waals surface area contributed by atoms with Crippen molar-refractivity contribution in [1.29, 1.82) is 0 Å². The molecule has 0 fully saturated rings. The summed E-state index contributed by atoms with van der Waals surface area (Å²) in [5.41, 5.74) is 2.70. The monoisotopic (exact) mass is 270 g/mol. The Morgan fingerprint density at radius 2 is 2.05 bits per heavy atom. The van der Waals surface area contributed by atoms with E-state index in [4.69, 9.17) is 0 Å². The van der Waals surface area contributed by atoms with Crippen molar-refractivity contribution in [3.05, 3.63) is 53.3 Å². The lowest BCUT2D eigenvalue weighted by molar-refractivity contribution is 0.102. The molecular weight excluding hydrogens is 252 g/mol. The first kappa shape index (κ1) is 14.1. The maximum Gasteiger partial charge on any atom is 0.272 e. The molecule has 0 spiro atoms. The quantitative estimate of drug-likeness (QED) is 0.815. The highest BCUT2D eigenvalue weighted by atomic mass is 16.2. The third-order valence-electron chi connectivity index (χ3n) is 3.43. The molecular formula is C16H18N2O2. The average Bonchev–Trinajstić information content (AvgIpc) is 2.96. The summed E-state index contributed by atoms with van der Waals surface area (Å²) in [6.07, 6.45) is 1.69. The second kappa shape index (κ2) is 6.19. The molecule has 1 aromatic heterocycles. The van der Waals surface area contributed by atoms with Crippen molar-refractivity contribution in [3.8, 4) is 0 Å². The SMILES string of the molecule is CCC(C)c1ccccc1NC(=O)c1ccc(C=O)[nH]1. The number of carbonyl (C=O) groups excluding carboxylic acids is 2. The molecule has 104 valence electrons. The Kier molecular flexibility index (Phi) is 4.35. The van der Waals surface area contributed by atoms with E-state index < -0.39 is 0 Å². The maximum absolute atomic E-state index is 12.1. The summed E-state index contributed by atoms with van der Waals surface area (Å²) in [5, 5.41) is 2.89. The third kappa shape index (κ3) is 2.96. The molecule has 1 heterocycles. The van der Waals surface area contributed by atoms with Crippen LogP contribution in [-0.2, 0) is 0 Å². The Balaban J connectivity index is 2.21. The fraction of sp³-hybridized carbons (Fsp3) is 0.250. The first-order valence-corrected chi connectivity index (χ1v) is 6.70. The van der Waals surface area contributed by atoms with Crippen LogP contribution in [0.4, 0.5) is 5.69 Å². The van der Waals surface area contributed by atoms with Crippen LogP contribution < -0.4 is 5.32 Å². The van der Waals surface area contributed by atoms with Gasteiger partial charge in [-0.1, -0.05) is 32.0 Å². The first-order valence-electron chi connectivity index (χ1n) is 6.70. The number of H-pyrrole nitrogens is 1. The van der Waals surface area contributed by atoms with Gasteiger partial charge in [0.05, 0.1) is 5.69 Å². The number of hydrogen-bond donors (Lipinski definition) is 2. The van der Waals surface area contributed by atoms with Gasteiger partial charge in [-0.15, -0.1) is 0 Å². The lowest BCUT2D eigenvalue weighted by Crippen LogP contribution is -2.14. The van der Waals surface area contributed by atoms with Gasteiger partial charge in [0.15, 0.2) is 6.29 Å². The number of aldehydes is 1. The van der Waals surface area contributed by atoms with Gasteiger partial charge < -0.3 is 10.3 Å². The third-order valence-corrected chi connectivity index (χ3v) is 3.43. The summed E-state index contributed by atoms with van der Waals surface area (Å²) in [6, 6.07) is 11.0. The summed E-state index contributed by atoms with van der Waals surface area (Å²) in [4.78, 5) is 25.5. The molecule has 0 aliphatic rings. The molecule has 20 heavy (non-hydrogen) atoms. The summed E-state index contributed by atoms with van der Waals surface area (Å²) >= 11 is 0. The van der Waals surface area contributed by atoms with Gasteiger partial charge in [-0.05, 0) is 36.1 Å². The number of rotatable bonds is 5. The van der Waals surface area contributed by atoms with Crippen LogP contribution >= 0.6 is 0 Å². The fourth-order valence-electron chi connectivity index (χ4n) is 2.06. The van der Waals surface area contributed by atoms with Crippen LogP contribution in [0, 0.1) is 0 Å². The minimum Gasteiger partial charge on any atom is -0.348 e. The number of anilines is 1. The van der Waals surface area contributed by atoms with Gasteiger partial charge in [-0.3, -0.25) is 9.59 Å². The largest absolute Gasteiger partial charge is 0.348 e. The first-order chi connectivity index (χ1) is 9.65. The normalized spacial score (nSPS) is 11.9. The predicted octanol–water partition coefficient (Wildman–Crippen LogP) is 3.59. The van der Waals surface area contributed by atoms with Crippen LogP contribution in [-0.4, -0.2) is 17.2 Å². The van der Waals surface area contributed by atoms with Crippen molar-refractivity contribution in [1.82, 2.24) is 4.98 Å². The van der Waals surface area contributed by atoms with Gasteiger partial charge in [-0.25, -0.2) is 0 Å². The Morgan fingerprint density at radius 3 is 2.70 bits per heavy atom. The minimum atomic E-state index is -0.242. The number of hydrogen-bond acceptors (Lipinski definition) is 2. The lowest BCUT2D eigenvalue weighted by Gasteiger charge is -2.15. The topological polar surface area (TPSA) is 62.0 Å². The second-order valence-corrected chi connectivity index (χ2v) is 4.80. The average molecular weight is 270 g/mol. The molecule has 1 unspecified atom stereocenters. The summed E-state index contributed by atoms with van der Waals surface area (Å²) in [7, 11) is 0. The number of aromatic amines is 1. The van der Waals surface area contributed by atoms with E-state index in [2.05, 4.69) is 24.1 Å². The number of para-hydroxylation sites is 1. The van der Waals surface area contributed by atoms with Crippen molar-refractivity contribution in [2.24, 2.45) is 0 Å². The Labute approximate surface area is 118 Å². The second-order valence-electron chi connectivity index (χ2n) is 4.80. The van der Waals surface area contributed by atoms with Gasteiger partial charge in [0.2, 0.25) is 0 Å². The molecule has 4 nitrogen and oxygen atoms in total. The van der Waals surface area contributed by atoms with Crippen molar-refractivity contribution in [2.45, 2.75) is 26.2 Å². The molecule has 1 atom stereocenters. The van der Waals surface area contributed by atoms with Crippen molar-refractivity contribution in [3.63, 3.8) is 0 Å². The zero-order valence-corrected chi connectivity index (χ0v) is 11.6. The molecule has 0 bridgehead atoms. The molecule has 0 saturated heterocycles. The zero-order valence-electron chi connectivity index (χ0n) is 11.6. The standard InChI is InChI=1S/C16H18N2O2/c1-3-11(2)13-6-4-5-7-14(13)18-16(20)15-9-8-12(10-19)17-15/h4-11,17H,3H2,1-2H3,(H,18,20). The zero-order chi connectivity index (χ0) is 14.5. The van der Waals surface area contributed by atoms with Crippen molar-refractivity contribution in [2.75, 3.05) is 5.32 Å². The van der Waals surface area contributed by atoms with Crippen LogP contribution in [0.25, 0.3) is 0 Å². The predicted molar refractivity (Wildman–Crippen MR) is 79.3 cm³/mol. The fourth-order valence-corrected chi connectivity index (χ4v) is 2.06. The van der Waals surface area contributed by atoms with Crippen molar-refractivity contribution >= 4 is 17.9 Å². The number of benzene rings is 1. The number of aromatic nitrogens is 1. The molecule has 0 aliphatic carbocycles. The van der Waals surface area contributed by atoms with Gasteiger partial charge in [-0.2, -0.15) is 0 Å². The van der Waals surface area contributed by atoms with E-state index in [9.17, 15) is 9.59 Å². The molecule has 2 rings (SSSR count). The molecule has 1 aromatic carbocycles. The molecule has 2 N–H and O–H groups in total. The number of nitrogens with one attached hydrogen (secondary N) is 2. The van der Waals surface area contributed by atoms with Gasteiger partial charge in [0, 0.05) is 5.69 Å². The van der Waals surface area contributed by atoms with Gasteiger partial charge >= 0.3 is 0 Å². The van der Waals surface area contributed by atoms with Gasteiger partial charge in [0.1, 0.15) is 5.69 Å². The summed E-state index contributed by atoms with van der Waals surface area (Å²) < 4.78 is 0. The van der Waals surface area contributed by atoms with E-state index in [1.54, 1.807) is 12.1 Å². The van der Waals surface area contributed by atoms with Crippen LogP contribution in [0.15, 0.2) is 36.4 Å². The highest BCUT2D eigenvalue weighted by Crippen LogP contribution is 2.26. The summed E-state index contributed by atoms with van der Waals surface area (Å²) in [6.45, 7) is 4.24. The molecule has 1 amide bonds. The van der Waals surface area contributed by atoms with Crippen LogP contribution in [0.3, 0.4) is 0 Å². The van der Waals surface area contributed by atoms with Crippen molar-refractivity contribution < 1.29 is 9.59 Å².